The molecule has 0 aliphatic carbocycles. The van der Waals surface area contributed by atoms with Crippen LogP contribution < -0.4 is 5.32 Å². The lowest BCUT2D eigenvalue weighted by Gasteiger charge is -2.29. The molecule has 1 saturated heterocycles. The summed E-state index contributed by atoms with van der Waals surface area (Å²) in [4.78, 5) is 38.9. The number of amides is 2. The van der Waals surface area contributed by atoms with Crippen LogP contribution in [-0.2, 0) is 14.3 Å². The molecule has 0 spiro atoms. The number of hydrogen-bond acceptors (Lipinski definition) is 4. The van der Waals surface area contributed by atoms with E-state index in [2.05, 4.69) is 5.32 Å². The molecular formula is C21H20N2O4. The second-order valence-electron chi connectivity index (χ2n) is 7.07. The van der Waals surface area contributed by atoms with E-state index in [9.17, 15) is 14.4 Å². The van der Waals surface area contributed by atoms with Crippen molar-refractivity contribution in [2.45, 2.75) is 39.0 Å². The van der Waals surface area contributed by atoms with E-state index < -0.39 is 18.2 Å². The molecule has 0 radical (unpaired) electrons. The van der Waals surface area contributed by atoms with Gasteiger partial charge in [0.1, 0.15) is 6.04 Å². The number of nitrogens with zero attached hydrogens (tertiary/aromatic N) is 1. The first-order valence-corrected chi connectivity index (χ1v) is 8.94. The maximum atomic E-state index is 12.9. The number of rotatable bonds is 3. The Balaban J connectivity index is 1.60. The van der Waals surface area contributed by atoms with Crippen LogP contribution in [0.15, 0.2) is 42.5 Å². The quantitative estimate of drug-likeness (QED) is 0.849. The maximum Gasteiger partial charge on any atom is 0.340 e. The molecule has 0 unspecified atom stereocenters. The number of carbonyl (C=O) groups is 3. The van der Waals surface area contributed by atoms with Crippen molar-refractivity contribution in [1.29, 1.82) is 0 Å². The maximum absolute atomic E-state index is 12.9. The highest BCUT2D eigenvalue weighted by molar-refractivity contribution is 6.00. The Bertz CT molecular complexity index is 933. The molecule has 4 rings (SSSR count). The molecule has 6 heteroatoms. The second-order valence-corrected chi connectivity index (χ2v) is 7.07. The Labute approximate surface area is 157 Å². The number of likely N-dealkylation sites (tertiary alicyclic amines) is 1. The molecule has 2 atom stereocenters. The van der Waals surface area contributed by atoms with E-state index in [0.717, 1.165) is 11.1 Å². The topological polar surface area (TPSA) is 75.7 Å². The zero-order valence-corrected chi connectivity index (χ0v) is 15.2. The summed E-state index contributed by atoms with van der Waals surface area (Å²) >= 11 is 0. The second kappa shape index (κ2) is 6.54. The van der Waals surface area contributed by atoms with Crippen molar-refractivity contribution < 1.29 is 19.1 Å². The summed E-state index contributed by atoms with van der Waals surface area (Å²) in [5.41, 5.74) is 3.85. The standard InChI is InChI=1S/C21H20N2O4/c1-12-9-13(2)11-14(10-12)22-19(25)17-7-8-18(24)23(17)20-15-5-3-4-6-16(15)21(26)27-20/h3-6,9-11,17,20H,7-8H2,1-2H3,(H,22,25)/t17-,20+/m0/s1. The van der Waals surface area contributed by atoms with Gasteiger partial charge in [0.2, 0.25) is 18.0 Å². The smallest absolute Gasteiger partial charge is 0.340 e. The predicted octanol–water partition coefficient (Wildman–Crippen LogP) is 3.10. The third-order valence-corrected chi connectivity index (χ3v) is 4.97. The van der Waals surface area contributed by atoms with Crippen LogP contribution in [0, 0.1) is 13.8 Å². The fourth-order valence-corrected chi connectivity index (χ4v) is 3.86. The summed E-state index contributed by atoms with van der Waals surface area (Å²) in [5.74, 6) is -0.930. The molecule has 2 heterocycles. The normalized spacial score (nSPS) is 21.2. The van der Waals surface area contributed by atoms with Gasteiger partial charge in [-0.15, -0.1) is 0 Å². The largest absolute Gasteiger partial charge is 0.433 e. The van der Waals surface area contributed by atoms with Gasteiger partial charge < -0.3 is 10.1 Å². The lowest BCUT2D eigenvalue weighted by atomic mass is 10.1. The molecule has 138 valence electrons. The highest BCUT2D eigenvalue weighted by atomic mass is 16.6. The van der Waals surface area contributed by atoms with Crippen molar-refractivity contribution in [1.82, 2.24) is 4.90 Å². The molecule has 2 aromatic carbocycles. The van der Waals surface area contributed by atoms with E-state index in [4.69, 9.17) is 4.74 Å². The van der Waals surface area contributed by atoms with Crippen LogP contribution in [-0.4, -0.2) is 28.7 Å². The molecule has 0 aromatic heterocycles. The number of cyclic esters (lactones) is 1. The number of hydrogen-bond donors (Lipinski definition) is 1. The summed E-state index contributed by atoms with van der Waals surface area (Å²) in [5, 5.41) is 2.90. The lowest BCUT2D eigenvalue weighted by Crippen LogP contribution is -2.43. The first-order valence-electron chi connectivity index (χ1n) is 8.94. The molecular weight excluding hydrogens is 344 g/mol. The molecule has 27 heavy (non-hydrogen) atoms. The minimum atomic E-state index is -0.848. The van der Waals surface area contributed by atoms with E-state index >= 15 is 0 Å². The Kier molecular flexibility index (Phi) is 4.18. The van der Waals surface area contributed by atoms with Gasteiger partial charge in [0, 0.05) is 17.7 Å². The van der Waals surface area contributed by atoms with E-state index in [0.29, 0.717) is 23.2 Å². The van der Waals surface area contributed by atoms with E-state index in [-0.39, 0.29) is 18.2 Å². The lowest BCUT2D eigenvalue weighted by molar-refractivity contribution is -0.144. The first kappa shape index (κ1) is 17.3. The number of ether oxygens (including phenoxy) is 1. The number of aryl methyl sites for hydroxylation is 2. The number of esters is 1. The van der Waals surface area contributed by atoms with Crippen molar-refractivity contribution in [2.75, 3.05) is 5.32 Å². The van der Waals surface area contributed by atoms with Crippen molar-refractivity contribution >= 4 is 23.5 Å². The van der Waals surface area contributed by atoms with Gasteiger partial charge in [-0.25, -0.2) is 4.79 Å². The summed E-state index contributed by atoms with van der Waals surface area (Å²) in [6.45, 7) is 3.92. The van der Waals surface area contributed by atoms with Gasteiger partial charge in [0.05, 0.1) is 5.56 Å². The summed E-state index contributed by atoms with van der Waals surface area (Å²) in [6, 6.07) is 12.1. The minimum Gasteiger partial charge on any atom is -0.433 e. The molecule has 1 fully saturated rings. The number of benzene rings is 2. The highest BCUT2D eigenvalue weighted by Crippen LogP contribution is 2.38. The number of anilines is 1. The highest BCUT2D eigenvalue weighted by Gasteiger charge is 2.46. The molecule has 0 saturated carbocycles. The van der Waals surface area contributed by atoms with E-state index in [1.165, 1.54) is 4.90 Å². The summed E-state index contributed by atoms with van der Waals surface area (Å²) in [6.07, 6.45) is -0.203. The minimum absolute atomic E-state index is 0.190. The van der Waals surface area contributed by atoms with Crippen molar-refractivity contribution in [2.24, 2.45) is 0 Å². The Hall–Kier alpha value is -3.15. The van der Waals surface area contributed by atoms with Crippen LogP contribution in [0.2, 0.25) is 0 Å². The molecule has 2 aliphatic rings. The van der Waals surface area contributed by atoms with Crippen molar-refractivity contribution in [3.05, 3.63) is 64.7 Å². The average molecular weight is 364 g/mol. The average Bonchev–Trinajstić information content (AvgIpc) is 3.14. The van der Waals surface area contributed by atoms with Crippen LogP contribution in [0.1, 0.15) is 46.1 Å². The van der Waals surface area contributed by atoms with Crippen molar-refractivity contribution in [3.8, 4) is 0 Å². The summed E-state index contributed by atoms with van der Waals surface area (Å²) in [7, 11) is 0. The molecule has 0 bridgehead atoms. The fourth-order valence-electron chi connectivity index (χ4n) is 3.86. The molecule has 2 aromatic rings. The predicted molar refractivity (Wildman–Crippen MR) is 99.0 cm³/mol. The van der Waals surface area contributed by atoms with Gasteiger partial charge >= 0.3 is 5.97 Å². The van der Waals surface area contributed by atoms with Crippen LogP contribution >= 0.6 is 0 Å². The van der Waals surface area contributed by atoms with Gasteiger partial charge in [0.25, 0.3) is 0 Å². The third-order valence-electron chi connectivity index (χ3n) is 4.97. The fraction of sp³-hybridized carbons (Fsp3) is 0.286. The van der Waals surface area contributed by atoms with Gasteiger partial charge in [-0.1, -0.05) is 24.3 Å². The molecule has 6 nitrogen and oxygen atoms in total. The van der Waals surface area contributed by atoms with E-state index in [1.807, 2.05) is 32.0 Å². The summed E-state index contributed by atoms with van der Waals surface area (Å²) < 4.78 is 5.44. The Morgan fingerprint density at radius 3 is 2.56 bits per heavy atom. The third kappa shape index (κ3) is 3.07. The Morgan fingerprint density at radius 2 is 1.81 bits per heavy atom. The van der Waals surface area contributed by atoms with Gasteiger partial charge in [0.15, 0.2) is 0 Å². The Morgan fingerprint density at radius 1 is 1.11 bits per heavy atom. The van der Waals surface area contributed by atoms with Gasteiger partial charge in [-0.2, -0.15) is 0 Å². The van der Waals surface area contributed by atoms with Crippen LogP contribution in [0.3, 0.4) is 0 Å². The SMILES string of the molecule is Cc1cc(C)cc(NC(=O)[C@@H]2CCC(=O)N2[C@@H]2OC(=O)c3ccccc32)c1. The molecule has 2 aliphatic heterocycles. The van der Waals surface area contributed by atoms with Crippen LogP contribution in [0.25, 0.3) is 0 Å². The number of fused-ring (bicyclic) bond motifs is 1. The first-order chi connectivity index (χ1) is 12.9. The van der Waals surface area contributed by atoms with Crippen LogP contribution in [0.4, 0.5) is 5.69 Å². The number of nitrogens with one attached hydrogen (secondary N) is 1. The van der Waals surface area contributed by atoms with E-state index in [1.54, 1.807) is 24.3 Å². The van der Waals surface area contributed by atoms with Crippen LogP contribution in [0.5, 0.6) is 0 Å². The monoisotopic (exact) mass is 364 g/mol. The zero-order chi connectivity index (χ0) is 19.1. The molecule has 1 N–H and O–H groups in total. The molecule has 2 amide bonds. The van der Waals surface area contributed by atoms with Crippen molar-refractivity contribution in [3.63, 3.8) is 0 Å². The van der Waals surface area contributed by atoms with Gasteiger partial charge in [-0.05, 0) is 49.6 Å². The van der Waals surface area contributed by atoms with Gasteiger partial charge in [-0.3, -0.25) is 14.5 Å². The zero-order valence-electron chi connectivity index (χ0n) is 15.2. The number of carbonyl (C=O) groups excluding carboxylic acids is 3.